The number of hydrogen-bond acceptors (Lipinski definition) is 4. The molecule has 0 saturated carbocycles. The summed E-state index contributed by atoms with van der Waals surface area (Å²) in [7, 11) is 0. The molecule has 0 aliphatic carbocycles. The number of aromatic amines is 1. The van der Waals surface area contributed by atoms with Crippen molar-refractivity contribution >= 4 is 5.91 Å². The Balaban J connectivity index is 2.01. The summed E-state index contributed by atoms with van der Waals surface area (Å²) < 4.78 is 0. The molecule has 6 heteroatoms. The van der Waals surface area contributed by atoms with Crippen LogP contribution in [0.2, 0.25) is 0 Å². The van der Waals surface area contributed by atoms with Gasteiger partial charge in [-0.15, -0.1) is 5.10 Å². The minimum atomic E-state index is -0.202. The number of H-pyrrole nitrogens is 1. The van der Waals surface area contributed by atoms with Crippen LogP contribution in [0.1, 0.15) is 57.0 Å². The Kier molecular flexibility index (Phi) is 3.89. The Hall–Kier alpha value is -1.43. The number of aromatic nitrogens is 3. The van der Waals surface area contributed by atoms with Crippen LogP contribution in [-0.2, 0) is 5.41 Å². The molecule has 2 heterocycles. The van der Waals surface area contributed by atoms with Crippen molar-refractivity contribution in [3.8, 4) is 0 Å². The van der Waals surface area contributed by atoms with Gasteiger partial charge in [0.05, 0.1) is 0 Å². The van der Waals surface area contributed by atoms with E-state index in [0.29, 0.717) is 6.04 Å². The lowest BCUT2D eigenvalue weighted by Crippen LogP contribution is -2.52. The largest absolute Gasteiger partial charge is 0.345 e. The summed E-state index contributed by atoms with van der Waals surface area (Å²) in [5.41, 5.74) is -0.134. The maximum atomic E-state index is 12.1. The maximum absolute atomic E-state index is 12.1. The lowest BCUT2D eigenvalue weighted by atomic mass is 9.96. The van der Waals surface area contributed by atoms with E-state index in [1.807, 2.05) is 20.8 Å². The Morgan fingerprint density at radius 3 is 2.74 bits per heavy atom. The Labute approximate surface area is 113 Å². The van der Waals surface area contributed by atoms with Gasteiger partial charge in [-0.1, -0.05) is 20.8 Å². The van der Waals surface area contributed by atoms with Crippen LogP contribution in [0.4, 0.5) is 0 Å². The fraction of sp³-hybridized carbons (Fsp3) is 0.769. The molecule has 0 aromatic carbocycles. The van der Waals surface area contributed by atoms with Gasteiger partial charge in [-0.2, -0.15) is 0 Å². The van der Waals surface area contributed by atoms with Gasteiger partial charge < -0.3 is 10.6 Å². The van der Waals surface area contributed by atoms with Crippen molar-refractivity contribution in [2.75, 3.05) is 6.54 Å². The number of rotatable bonds is 2. The van der Waals surface area contributed by atoms with Gasteiger partial charge in [0.25, 0.3) is 5.91 Å². The van der Waals surface area contributed by atoms with Crippen LogP contribution >= 0.6 is 0 Å². The molecule has 1 aromatic heterocycles. The number of amides is 1. The second-order valence-electron chi connectivity index (χ2n) is 6.22. The lowest BCUT2D eigenvalue weighted by molar-refractivity contribution is 0.0909. The number of carbonyl (C=O) groups is 1. The highest BCUT2D eigenvalue weighted by Gasteiger charge is 2.26. The van der Waals surface area contributed by atoms with Gasteiger partial charge in [0.1, 0.15) is 5.82 Å². The smallest absolute Gasteiger partial charge is 0.291 e. The first-order valence-corrected chi connectivity index (χ1v) is 6.85. The van der Waals surface area contributed by atoms with Crippen LogP contribution in [0.25, 0.3) is 0 Å². The van der Waals surface area contributed by atoms with Crippen molar-refractivity contribution in [3.63, 3.8) is 0 Å². The molecule has 0 bridgehead atoms. The van der Waals surface area contributed by atoms with Gasteiger partial charge in [0.2, 0.25) is 5.82 Å². The monoisotopic (exact) mass is 265 g/mol. The zero-order valence-electron chi connectivity index (χ0n) is 12.1. The van der Waals surface area contributed by atoms with Crippen molar-refractivity contribution in [2.45, 2.75) is 58.0 Å². The molecule has 1 aliphatic rings. The molecule has 0 spiro atoms. The third-order valence-corrected chi connectivity index (χ3v) is 3.48. The minimum absolute atomic E-state index is 0.134. The van der Waals surface area contributed by atoms with E-state index >= 15 is 0 Å². The normalized spacial score (nSPS) is 24.2. The molecule has 2 atom stereocenters. The van der Waals surface area contributed by atoms with Crippen molar-refractivity contribution < 1.29 is 4.79 Å². The molecule has 1 amide bonds. The quantitative estimate of drug-likeness (QED) is 0.744. The SMILES string of the molecule is CC1NCCCC1NC(=O)c1n[nH]c(C(C)(C)C)n1. The first-order chi connectivity index (χ1) is 8.88. The summed E-state index contributed by atoms with van der Waals surface area (Å²) in [5, 5.41) is 13.2. The number of nitrogens with one attached hydrogen (secondary N) is 3. The molecule has 3 N–H and O–H groups in total. The van der Waals surface area contributed by atoms with Crippen molar-refractivity contribution in [2.24, 2.45) is 0 Å². The van der Waals surface area contributed by atoms with Crippen molar-refractivity contribution in [1.29, 1.82) is 0 Å². The maximum Gasteiger partial charge on any atom is 0.291 e. The summed E-state index contributed by atoms with van der Waals surface area (Å²) in [6.07, 6.45) is 2.08. The molecule has 1 fully saturated rings. The summed E-state index contributed by atoms with van der Waals surface area (Å²) in [4.78, 5) is 16.4. The molecule has 2 rings (SSSR count). The van der Waals surface area contributed by atoms with E-state index < -0.39 is 0 Å². The summed E-state index contributed by atoms with van der Waals surface area (Å²) in [5.74, 6) is 0.752. The second-order valence-corrected chi connectivity index (χ2v) is 6.22. The van der Waals surface area contributed by atoms with Crippen molar-refractivity contribution in [1.82, 2.24) is 25.8 Å². The van der Waals surface area contributed by atoms with E-state index in [4.69, 9.17) is 0 Å². The Morgan fingerprint density at radius 2 is 2.16 bits per heavy atom. The Bertz CT molecular complexity index is 448. The standard InChI is InChI=1S/C13H23N5O/c1-8-9(6-5-7-14-8)15-11(19)10-16-12(18-17-10)13(2,3)4/h8-9,14H,5-7H2,1-4H3,(H,15,19)(H,16,17,18). The molecule has 1 saturated heterocycles. The van der Waals surface area contributed by atoms with Gasteiger partial charge in [-0.05, 0) is 26.3 Å². The zero-order chi connectivity index (χ0) is 14.0. The van der Waals surface area contributed by atoms with Gasteiger partial charge in [-0.3, -0.25) is 9.89 Å². The molecule has 1 aliphatic heterocycles. The molecule has 1 aromatic rings. The van der Waals surface area contributed by atoms with Crippen LogP contribution in [0.5, 0.6) is 0 Å². The van der Waals surface area contributed by atoms with Crippen LogP contribution in [-0.4, -0.2) is 39.7 Å². The molecule has 19 heavy (non-hydrogen) atoms. The summed E-state index contributed by atoms with van der Waals surface area (Å²) >= 11 is 0. The van der Waals surface area contributed by atoms with E-state index in [0.717, 1.165) is 25.2 Å². The third-order valence-electron chi connectivity index (χ3n) is 3.48. The summed E-state index contributed by atoms with van der Waals surface area (Å²) in [6, 6.07) is 0.441. The molecule has 0 radical (unpaired) electrons. The second kappa shape index (κ2) is 5.28. The molecular formula is C13H23N5O. The van der Waals surface area contributed by atoms with Gasteiger partial charge >= 0.3 is 0 Å². The fourth-order valence-electron chi connectivity index (χ4n) is 2.17. The van der Waals surface area contributed by atoms with Crippen LogP contribution in [0, 0.1) is 0 Å². The zero-order valence-corrected chi connectivity index (χ0v) is 12.1. The molecule has 2 unspecified atom stereocenters. The molecule has 106 valence electrons. The number of hydrogen-bond donors (Lipinski definition) is 3. The van der Waals surface area contributed by atoms with E-state index in [9.17, 15) is 4.79 Å². The van der Waals surface area contributed by atoms with E-state index in [1.165, 1.54) is 0 Å². The first-order valence-electron chi connectivity index (χ1n) is 6.85. The molecule has 6 nitrogen and oxygen atoms in total. The highest BCUT2D eigenvalue weighted by Crippen LogP contribution is 2.17. The van der Waals surface area contributed by atoms with Crippen LogP contribution in [0.3, 0.4) is 0 Å². The average molecular weight is 265 g/mol. The highest BCUT2D eigenvalue weighted by atomic mass is 16.2. The predicted octanol–water partition coefficient (Wildman–Crippen LogP) is 0.972. The number of piperidine rings is 1. The van der Waals surface area contributed by atoms with E-state index in [-0.39, 0.29) is 23.2 Å². The van der Waals surface area contributed by atoms with E-state index in [1.54, 1.807) is 0 Å². The van der Waals surface area contributed by atoms with Crippen LogP contribution in [0.15, 0.2) is 0 Å². The first kappa shape index (κ1) is 14.0. The Morgan fingerprint density at radius 1 is 1.42 bits per heavy atom. The molecular weight excluding hydrogens is 242 g/mol. The van der Waals surface area contributed by atoms with Gasteiger partial charge in [-0.25, -0.2) is 4.98 Å². The van der Waals surface area contributed by atoms with Gasteiger partial charge in [0, 0.05) is 17.5 Å². The number of carbonyl (C=O) groups excluding carboxylic acids is 1. The number of nitrogens with zero attached hydrogens (tertiary/aromatic N) is 2. The average Bonchev–Trinajstić information content (AvgIpc) is 2.81. The van der Waals surface area contributed by atoms with Gasteiger partial charge in [0.15, 0.2) is 0 Å². The summed E-state index contributed by atoms with van der Waals surface area (Å²) in [6.45, 7) is 9.19. The highest BCUT2D eigenvalue weighted by molar-refractivity contribution is 5.90. The van der Waals surface area contributed by atoms with E-state index in [2.05, 4.69) is 32.7 Å². The lowest BCUT2D eigenvalue weighted by Gasteiger charge is -2.30. The third kappa shape index (κ3) is 3.32. The van der Waals surface area contributed by atoms with Crippen molar-refractivity contribution in [3.05, 3.63) is 11.6 Å². The predicted molar refractivity (Wildman–Crippen MR) is 73.0 cm³/mol. The topological polar surface area (TPSA) is 82.7 Å². The van der Waals surface area contributed by atoms with Crippen LogP contribution < -0.4 is 10.6 Å². The fourth-order valence-corrected chi connectivity index (χ4v) is 2.17. The minimum Gasteiger partial charge on any atom is -0.345 e.